The van der Waals surface area contributed by atoms with Crippen LogP contribution in [0.2, 0.25) is 5.02 Å². The highest BCUT2D eigenvalue weighted by molar-refractivity contribution is 6.30. The first-order valence-electron chi connectivity index (χ1n) is 7.63. The predicted molar refractivity (Wildman–Crippen MR) is 91.6 cm³/mol. The number of rotatable bonds is 4. The van der Waals surface area contributed by atoms with Crippen LogP contribution in [0.25, 0.3) is 6.08 Å². The summed E-state index contributed by atoms with van der Waals surface area (Å²) in [4.78, 5) is 18.4. The molecular formula is C16H18ClN5O. The van der Waals surface area contributed by atoms with E-state index in [1.807, 2.05) is 12.1 Å². The number of amides is 1. The zero-order valence-corrected chi connectivity index (χ0v) is 13.4. The highest BCUT2D eigenvalue weighted by Crippen LogP contribution is 2.16. The maximum absolute atomic E-state index is 11.9. The molecule has 2 N–H and O–H groups in total. The summed E-state index contributed by atoms with van der Waals surface area (Å²) in [5, 5.41) is 10.2. The third kappa shape index (κ3) is 4.32. The number of hydrogen-bond donors (Lipinski definition) is 2. The van der Waals surface area contributed by atoms with Crippen molar-refractivity contribution in [3.8, 4) is 0 Å². The maximum atomic E-state index is 11.9. The Balaban J connectivity index is 1.58. The molecule has 7 heteroatoms. The van der Waals surface area contributed by atoms with E-state index >= 15 is 0 Å². The fourth-order valence-corrected chi connectivity index (χ4v) is 2.68. The fourth-order valence-electron chi connectivity index (χ4n) is 2.48. The van der Waals surface area contributed by atoms with Crippen LogP contribution in [0.3, 0.4) is 0 Å². The summed E-state index contributed by atoms with van der Waals surface area (Å²) in [6, 6.07) is 7.28. The molecule has 1 aromatic heterocycles. The minimum Gasteiger partial charge on any atom is -0.340 e. The van der Waals surface area contributed by atoms with Gasteiger partial charge in [0.15, 0.2) is 0 Å². The molecule has 1 aromatic carbocycles. The molecule has 0 spiro atoms. The number of anilines is 2. The number of benzene rings is 1. The number of nitrogens with one attached hydrogen (secondary N) is 2. The summed E-state index contributed by atoms with van der Waals surface area (Å²) in [5.41, 5.74) is 0.860. The van der Waals surface area contributed by atoms with Crippen LogP contribution in [-0.2, 0) is 4.79 Å². The summed E-state index contributed by atoms with van der Waals surface area (Å²) in [5.74, 6) is 0.719. The Kier molecular flexibility index (Phi) is 4.92. The Labute approximate surface area is 139 Å². The monoisotopic (exact) mass is 331 g/mol. The Morgan fingerprint density at radius 1 is 1.30 bits per heavy atom. The second-order valence-electron chi connectivity index (χ2n) is 5.41. The van der Waals surface area contributed by atoms with Gasteiger partial charge < -0.3 is 4.90 Å². The highest BCUT2D eigenvalue weighted by atomic mass is 35.5. The summed E-state index contributed by atoms with van der Waals surface area (Å²) >= 11 is 5.90. The SMILES string of the molecule is O=C(/C=C/c1cccc(Cl)c1)Nc1nc(N2CCCCC2)n[nH]1. The summed E-state index contributed by atoms with van der Waals surface area (Å²) in [7, 11) is 0. The molecule has 0 aliphatic carbocycles. The molecule has 1 aliphatic rings. The lowest BCUT2D eigenvalue weighted by atomic mass is 10.1. The number of carbonyl (C=O) groups excluding carboxylic acids is 1. The molecule has 1 fully saturated rings. The van der Waals surface area contributed by atoms with Crippen LogP contribution in [0.15, 0.2) is 30.3 Å². The van der Waals surface area contributed by atoms with Gasteiger partial charge in [-0.2, -0.15) is 4.98 Å². The van der Waals surface area contributed by atoms with Gasteiger partial charge in [0.1, 0.15) is 0 Å². The van der Waals surface area contributed by atoms with Crippen molar-refractivity contribution in [3.63, 3.8) is 0 Å². The summed E-state index contributed by atoms with van der Waals surface area (Å²) < 4.78 is 0. The van der Waals surface area contributed by atoms with Gasteiger partial charge in [-0.15, -0.1) is 5.10 Å². The summed E-state index contributed by atoms with van der Waals surface area (Å²) in [6.07, 6.45) is 6.69. The van der Waals surface area contributed by atoms with Crippen molar-refractivity contribution < 1.29 is 4.79 Å². The Morgan fingerprint density at radius 3 is 2.91 bits per heavy atom. The Bertz CT molecular complexity index is 706. The van der Waals surface area contributed by atoms with Crippen LogP contribution in [0.1, 0.15) is 24.8 Å². The fraction of sp³-hybridized carbons (Fsp3) is 0.312. The van der Waals surface area contributed by atoms with Gasteiger partial charge in [-0.25, -0.2) is 5.10 Å². The molecular weight excluding hydrogens is 314 g/mol. The first-order chi connectivity index (χ1) is 11.2. The first kappa shape index (κ1) is 15.6. The van der Waals surface area contributed by atoms with Crippen LogP contribution >= 0.6 is 11.6 Å². The lowest BCUT2D eigenvalue weighted by molar-refractivity contribution is -0.111. The molecule has 0 bridgehead atoms. The molecule has 0 radical (unpaired) electrons. The van der Waals surface area contributed by atoms with Gasteiger partial charge in [0.05, 0.1) is 0 Å². The number of halogens is 1. The standard InChI is InChI=1S/C16H18ClN5O/c17-13-6-4-5-12(11-13)7-8-14(23)18-15-19-16(21-20-15)22-9-2-1-3-10-22/h4-8,11H,1-3,9-10H2,(H2,18,19,20,21,23)/b8-7+. The minimum absolute atomic E-state index is 0.272. The highest BCUT2D eigenvalue weighted by Gasteiger charge is 2.15. The van der Waals surface area contributed by atoms with E-state index in [0.29, 0.717) is 16.9 Å². The first-order valence-corrected chi connectivity index (χ1v) is 8.00. The molecule has 120 valence electrons. The van der Waals surface area contributed by atoms with Crippen LogP contribution in [0, 0.1) is 0 Å². The summed E-state index contributed by atoms with van der Waals surface area (Å²) in [6.45, 7) is 1.92. The molecule has 2 heterocycles. The second kappa shape index (κ2) is 7.28. The average molecular weight is 332 g/mol. The van der Waals surface area contributed by atoms with E-state index in [0.717, 1.165) is 31.5 Å². The van der Waals surface area contributed by atoms with E-state index in [2.05, 4.69) is 25.4 Å². The molecule has 1 saturated heterocycles. The van der Waals surface area contributed by atoms with Gasteiger partial charge in [-0.1, -0.05) is 23.7 Å². The van der Waals surface area contributed by atoms with Crippen LogP contribution < -0.4 is 10.2 Å². The number of aromatic nitrogens is 3. The zero-order chi connectivity index (χ0) is 16.1. The van der Waals surface area contributed by atoms with Crippen molar-refractivity contribution >= 4 is 35.5 Å². The van der Waals surface area contributed by atoms with Crippen molar-refractivity contribution in [2.75, 3.05) is 23.3 Å². The van der Waals surface area contributed by atoms with Crippen LogP contribution in [0.5, 0.6) is 0 Å². The average Bonchev–Trinajstić information content (AvgIpc) is 3.02. The number of H-pyrrole nitrogens is 1. The van der Waals surface area contributed by atoms with Gasteiger partial charge >= 0.3 is 0 Å². The maximum Gasteiger partial charge on any atom is 0.250 e. The van der Waals surface area contributed by atoms with Gasteiger partial charge in [0.2, 0.25) is 11.9 Å². The molecule has 1 amide bonds. The van der Waals surface area contributed by atoms with Crippen molar-refractivity contribution in [3.05, 3.63) is 40.9 Å². The molecule has 1 aliphatic heterocycles. The molecule has 2 aromatic rings. The molecule has 23 heavy (non-hydrogen) atoms. The number of aromatic amines is 1. The van der Waals surface area contributed by atoms with Crippen molar-refractivity contribution in [1.29, 1.82) is 0 Å². The van der Waals surface area contributed by atoms with E-state index < -0.39 is 0 Å². The normalized spacial score (nSPS) is 15.1. The second-order valence-corrected chi connectivity index (χ2v) is 5.85. The molecule has 0 unspecified atom stereocenters. The van der Waals surface area contributed by atoms with E-state index in [9.17, 15) is 4.79 Å². The lowest BCUT2D eigenvalue weighted by Gasteiger charge is -2.24. The minimum atomic E-state index is -0.272. The molecule has 6 nitrogen and oxygen atoms in total. The van der Waals surface area contributed by atoms with Crippen molar-refractivity contribution in [2.24, 2.45) is 0 Å². The van der Waals surface area contributed by atoms with E-state index in [1.54, 1.807) is 18.2 Å². The molecule has 3 rings (SSSR count). The van der Waals surface area contributed by atoms with Crippen LogP contribution in [0.4, 0.5) is 11.9 Å². The van der Waals surface area contributed by atoms with Gasteiger partial charge in [0.25, 0.3) is 5.91 Å². The van der Waals surface area contributed by atoms with E-state index in [4.69, 9.17) is 11.6 Å². The molecule has 0 atom stereocenters. The van der Waals surface area contributed by atoms with E-state index in [1.165, 1.54) is 12.5 Å². The van der Waals surface area contributed by atoms with Gasteiger partial charge in [0, 0.05) is 24.2 Å². The Hall–Kier alpha value is -2.34. The van der Waals surface area contributed by atoms with Gasteiger partial charge in [-0.3, -0.25) is 10.1 Å². The third-order valence-corrected chi connectivity index (χ3v) is 3.87. The quantitative estimate of drug-likeness (QED) is 0.844. The zero-order valence-electron chi connectivity index (χ0n) is 12.6. The largest absolute Gasteiger partial charge is 0.340 e. The van der Waals surface area contributed by atoms with Crippen LogP contribution in [-0.4, -0.2) is 34.2 Å². The van der Waals surface area contributed by atoms with Crippen molar-refractivity contribution in [2.45, 2.75) is 19.3 Å². The van der Waals surface area contributed by atoms with E-state index in [-0.39, 0.29) is 5.91 Å². The van der Waals surface area contributed by atoms with Gasteiger partial charge in [-0.05, 0) is 43.0 Å². The predicted octanol–water partition coefficient (Wildman–Crippen LogP) is 3.10. The topological polar surface area (TPSA) is 73.9 Å². The number of nitrogens with zero attached hydrogens (tertiary/aromatic N) is 3. The number of carbonyl (C=O) groups is 1. The smallest absolute Gasteiger partial charge is 0.250 e. The van der Waals surface area contributed by atoms with Crippen molar-refractivity contribution in [1.82, 2.24) is 15.2 Å². The molecule has 0 saturated carbocycles. The number of hydrogen-bond acceptors (Lipinski definition) is 4. The Morgan fingerprint density at radius 2 is 2.13 bits per heavy atom. The third-order valence-electron chi connectivity index (χ3n) is 3.63. The number of piperidine rings is 1. The lowest BCUT2D eigenvalue weighted by Crippen LogP contribution is -2.30.